The Bertz CT molecular complexity index is 1020. The van der Waals surface area contributed by atoms with E-state index < -0.39 is 29.6 Å². The Morgan fingerprint density at radius 3 is 2.15 bits per heavy atom. The zero-order valence-electron chi connectivity index (χ0n) is 18.8. The van der Waals surface area contributed by atoms with Gasteiger partial charge >= 0.3 is 12.1 Å². The summed E-state index contributed by atoms with van der Waals surface area (Å²) in [5, 5.41) is 14.6. The number of fused-ring (bicyclic) bond motifs is 3. The number of nitrogens with one attached hydrogen (secondary N) is 2. The van der Waals surface area contributed by atoms with Crippen LogP contribution in [-0.2, 0) is 14.3 Å². The summed E-state index contributed by atoms with van der Waals surface area (Å²) in [6.07, 6.45) is 0.410. The van der Waals surface area contributed by atoms with Crippen molar-refractivity contribution >= 4 is 18.0 Å². The van der Waals surface area contributed by atoms with Gasteiger partial charge in [-0.3, -0.25) is 4.79 Å². The number of carbonyl (C=O) groups excluding carboxylic acids is 2. The van der Waals surface area contributed by atoms with Crippen molar-refractivity contribution in [1.82, 2.24) is 15.5 Å². The smallest absolute Gasteiger partial charge is 0.407 e. The van der Waals surface area contributed by atoms with Crippen LogP contribution in [0, 0.1) is 0 Å². The number of alkyl carbamates (subject to hydrolysis) is 1. The summed E-state index contributed by atoms with van der Waals surface area (Å²) in [6.45, 7) is 0.683. The molecular formula is C25H29N3O5. The first kappa shape index (κ1) is 22.8. The number of aliphatic carboxylic acids is 1. The number of hydrogen-bond donors (Lipinski definition) is 3. The van der Waals surface area contributed by atoms with Crippen LogP contribution in [0.3, 0.4) is 0 Å². The number of amides is 2. The van der Waals surface area contributed by atoms with Crippen molar-refractivity contribution < 1.29 is 24.2 Å². The summed E-state index contributed by atoms with van der Waals surface area (Å²) in [5.74, 6) is -1.65. The Morgan fingerprint density at radius 2 is 1.64 bits per heavy atom. The number of benzene rings is 2. The second kappa shape index (κ2) is 9.23. The van der Waals surface area contributed by atoms with E-state index in [1.165, 1.54) is 0 Å². The average molecular weight is 452 g/mol. The minimum Gasteiger partial charge on any atom is -0.480 e. The highest BCUT2D eigenvalue weighted by Gasteiger charge is 2.52. The molecule has 2 aliphatic rings. The van der Waals surface area contributed by atoms with Crippen molar-refractivity contribution in [1.29, 1.82) is 0 Å². The molecule has 2 amide bonds. The van der Waals surface area contributed by atoms with Gasteiger partial charge in [0.1, 0.15) is 18.2 Å². The van der Waals surface area contributed by atoms with Crippen LogP contribution in [0.15, 0.2) is 48.5 Å². The molecule has 0 aromatic heterocycles. The fourth-order valence-electron chi connectivity index (χ4n) is 4.28. The Hall–Kier alpha value is -3.39. The van der Waals surface area contributed by atoms with Gasteiger partial charge in [-0.1, -0.05) is 48.5 Å². The number of nitrogens with zero attached hydrogens (tertiary/aromatic N) is 1. The average Bonchev–Trinajstić information content (AvgIpc) is 3.51. The minimum atomic E-state index is -1.21. The van der Waals surface area contributed by atoms with E-state index in [0.717, 1.165) is 22.3 Å². The van der Waals surface area contributed by atoms with Gasteiger partial charge in [0, 0.05) is 5.92 Å². The largest absolute Gasteiger partial charge is 0.480 e. The first-order valence-electron chi connectivity index (χ1n) is 11.1. The SMILES string of the molecule is CN(C)CCC(NC(=O)OCC1c2ccccc2-c2ccccc21)C(=O)NC1(C(=O)O)CC1. The highest BCUT2D eigenvalue weighted by Crippen LogP contribution is 2.44. The van der Waals surface area contributed by atoms with Crippen LogP contribution >= 0.6 is 0 Å². The summed E-state index contributed by atoms with van der Waals surface area (Å²) in [5.41, 5.74) is 3.26. The lowest BCUT2D eigenvalue weighted by molar-refractivity contribution is -0.143. The van der Waals surface area contributed by atoms with Crippen LogP contribution in [0.2, 0.25) is 0 Å². The van der Waals surface area contributed by atoms with E-state index in [1.54, 1.807) is 0 Å². The molecule has 2 aliphatic carbocycles. The van der Waals surface area contributed by atoms with Gasteiger partial charge in [0.15, 0.2) is 0 Å². The predicted octanol–water partition coefficient (Wildman–Crippen LogP) is 2.58. The third-order valence-electron chi connectivity index (χ3n) is 6.34. The Morgan fingerprint density at radius 1 is 1.06 bits per heavy atom. The molecule has 8 heteroatoms. The molecule has 1 fully saturated rings. The minimum absolute atomic E-state index is 0.0843. The number of carbonyl (C=O) groups is 3. The van der Waals surface area contributed by atoms with Crippen molar-refractivity contribution in [3.05, 3.63) is 59.7 Å². The lowest BCUT2D eigenvalue weighted by atomic mass is 9.98. The highest BCUT2D eigenvalue weighted by atomic mass is 16.5. The molecule has 0 saturated heterocycles. The first-order chi connectivity index (χ1) is 15.8. The van der Waals surface area contributed by atoms with Gasteiger partial charge in [0.05, 0.1) is 0 Å². The molecule has 8 nitrogen and oxygen atoms in total. The number of rotatable bonds is 9. The quantitative estimate of drug-likeness (QED) is 0.541. The molecule has 1 saturated carbocycles. The van der Waals surface area contributed by atoms with Gasteiger partial charge in [-0.25, -0.2) is 9.59 Å². The van der Waals surface area contributed by atoms with Gasteiger partial charge in [0.2, 0.25) is 5.91 Å². The van der Waals surface area contributed by atoms with Crippen LogP contribution in [0.25, 0.3) is 11.1 Å². The second-order valence-corrected chi connectivity index (χ2v) is 8.99. The standard InChI is InChI=1S/C25H29N3O5/c1-28(2)14-11-21(22(29)27-25(12-13-25)23(30)31)26-24(32)33-15-20-18-9-5-3-7-16(18)17-8-4-6-10-19(17)20/h3-10,20-21H,11-15H2,1-2H3,(H,26,32)(H,27,29)(H,30,31). The van der Waals surface area contributed by atoms with Crippen molar-refractivity contribution in [2.24, 2.45) is 0 Å². The molecule has 2 aromatic rings. The van der Waals surface area contributed by atoms with Crippen LogP contribution in [0.1, 0.15) is 36.3 Å². The van der Waals surface area contributed by atoms with Gasteiger partial charge in [-0.05, 0) is 62.2 Å². The lowest BCUT2D eigenvalue weighted by Crippen LogP contribution is -2.53. The maximum Gasteiger partial charge on any atom is 0.407 e. The second-order valence-electron chi connectivity index (χ2n) is 8.99. The summed E-state index contributed by atoms with van der Waals surface area (Å²) >= 11 is 0. The van der Waals surface area contributed by atoms with Crippen molar-refractivity contribution in [3.8, 4) is 11.1 Å². The molecule has 0 spiro atoms. The summed E-state index contributed by atoms with van der Waals surface area (Å²) in [6, 6.07) is 15.2. The number of hydrogen-bond acceptors (Lipinski definition) is 5. The third kappa shape index (κ3) is 4.85. The van der Waals surface area contributed by atoms with E-state index in [-0.39, 0.29) is 12.5 Å². The molecule has 0 radical (unpaired) electrons. The molecule has 4 rings (SSSR count). The zero-order chi connectivity index (χ0) is 23.6. The van der Waals surface area contributed by atoms with Gasteiger partial charge in [-0.2, -0.15) is 0 Å². The van der Waals surface area contributed by atoms with Gasteiger partial charge in [-0.15, -0.1) is 0 Å². The van der Waals surface area contributed by atoms with Crippen molar-refractivity contribution in [2.45, 2.75) is 36.8 Å². The van der Waals surface area contributed by atoms with Gasteiger partial charge < -0.3 is 25.4 Å². The molecule has 1 atom stereocenters. The fourth-order valence-corrected chi connectivity index (χ4v) is 4.28. The lowest BCUT2D eigenvalue weighted by Gasteiger charge is -2.23. The Kier molecular flexibility index (Phi) is 6.37. The molecule has 0 heterocycles. The van der Waals surface area contributed by atoms with E-state index in [2.05, 4.69) is 22.8 Å². The van der Waals surface area contributed by atoms with E-state index >= 15 is 0 Å². The van der Waals surface area contributed by atoms with Crippen LogP contribution in [-0.4, -0.2) is 66.8 Å². The van der Waals surface area contributed by atoms with E-state index in [1.807, 2.05) is 55.4 Å². The Labute approximate surface area is 192 Å². The van der Waals surface area contributed by atoms with Crippen molar-refractivity contribution in [2.75, 3.05) is 27.2 Å². The molecule has 0 aliphatic heterocycles. The molecular weight excluding hydrogens is 422 g/mol. The van der Waals surface area contributed by atoms with E-state index in [9.17, 15) is 19.5 Å². The van der Waals surface area contributed by atoms with E-state index in [4.69, 9.17) is 4.74 Å². The maximum atomic E-state index is 12.8. The normalized spacial score (nSPS) is 16.5. The molecule has 3 N–H and O–H groups in total. The zero-order valence-corrected chi connectivity index (χ0v) is 18.8. The molecule has 2 aromatic carbocycles. The number of carboxylic acid groups (broad SMARTS) is 1. The summed E-state index contributed by atoms with van der Waals surface area (Å²) in [7, 11) is 3.73. The monoisotopic (exact) mass is 451 g/mol. The van der Waals surface area contributed by atoms with Crippen molar-refractivity contribution in [3.63, 3.8) is 0 Å². The molecule has 174 valence electrons. The van der Waals surface area contributed by atoms with Crippen LogP contribution in [0.4, 0.5) is 4.79 Å². The number of carboxylic acids is 1. The third-order valence-corrected chi connectivity index (χ3v) is 6.34. The maximum absolute atomic E-state index is 12.8. The molecule has 0 bridgehead atoms. The van der Waals surface area contributed by atoms with Crippen LogP contribution < -0.4 is 10.6 Å². The van der Waals surface area contributed by atoms with Crippen LogP contribution in [0.5, 0.6) is 0 Å². The van der Waals surface area contributed by atoms with Gasteiger partial charge in [0.25, 0.3) is 0 Å². The topological polar surface area (TPSA) is 108 Å². The summed E-state index contributed by atoms with van der Waals surface area (Å²) in [4.78, 5) is 38.8. The number of ether oxygens (including phenoxy) is 1. The molecule has 1 unspecified atom stereocenters. The summed E-state index contributed by atoms with van der Waals surface area (Å²) < 4.78 is 5.56. The highest BCUT2D eigenvalue weighted by molar-refractivity contribution is 5.93. The Balaban J connectivity index is 1.41. The fraction of sp³-hybridized carbons (Fsp3) is 0.400. The predicted molar refractivity (Wildman–Crippen MR) is 123 cm³/mol. The molecule has 33 heavy (non-hydrogen) atoms. The first-order valence-corrected chi connectivity index (χ1v) is 11.1. The van der Waals surface area contributed by atoms with E-state index in [0.29, 0.717) is 25.8 Å².